The Kier molecular flexibility index (Phi) is 5.97. The molecule has 0 aliphatic carbocycles. The summed E-state index contributed by atoms with van der Waals surface area (Å²) in [5, 5.41) is 1.16. The molecule has 0 fully saturated rings. The number of para-hydroxylation sites is 4. The van der Waals surface area contributed by atoms with Gasteiger partial charge >= 0.3 is 0 Å². The van der Waals surface area contributed by atoms with E-state index in [0.717, 1.165) is 51.9 Å². The van der Waals surface area contributed by atoms with Gasteiger partial charge in [-0.1, -0.05) is 48.5 Å². The summed E-state index contributed by atoms with van der Waals surface area (Å²) in [6.07, 6.45) is 1.02. The van der Waals surface area contributed by atoms with E-state index in [1.54, 1.807) is 0 Å². The molecule has 0 spiro atoms. The quantitative estimate of drug-likeness (QED) is 0.261. The SMILES string of the molecule is Cc1cccc2c3nc4ccccc4nc3n(CCCOCc3ccccc3OC(C)C)c12. The van der Waals surface area contributed by atoms with Crippen molar-refractivity contribution in [1.29, 1.82) is 0 Å². The molecule has 0 atom stereocenters. The number of benzene rings is 3. The van der Waals surface area contributed by atoms with Crippen LogP contribution in [-0.2, 0) is 17.9 Å². The summed E-state index contributed by atoms with van der Waals surface area (Å²) in [6, 6.07) is 22.5. The number of hydrogen-bond donors (Lipinski definition) is 0. The van der Waals surface area contributed by atoms with Crippen LogP contribution in [0.4, 0.5) is 0 Å². The molecule has 0 unspecified atom stereocenters. The second-order valence-electron chi connectivity index (χ2n) is 8.69. The van der Waals surface area contributed by atoms with Gasteiger partial charge in [-0.15, -0.1) is 0 Å². The smallest absolute Gasteiger partial charge is 0.160 e. The van der Waals surface area contributed by atoms with Crippen LogP contribution < -0.4 is 4.74 Å². The molecule has 5 nitrogen and oxygen atoms in total. The van der Waals surface area contributed by atoms with Crippen molar-refractivity contribution in [3.05, 3.63) is 77.9 Å². The highest BCUT2D eigenvalue weighted by atomic mass is 16.5. The summed E-state index contributed by atoms with van der Waals surface area (Å²) in [5.41, 5.74) is 7.27. The first-order chi connectivity index (χ1) is 16.1. The lowest BCUT2D eigenvalue weighted by molar-refractivity contribution is 0.112. The minimum atomic E-state index is 0.141. The minimum Gasteiger partial charge on any atom is -0.491 e. The Morgan fingerprint density at radius 3 is 2.45 bits per heavy atom. The van der Waals surface area contributed by atoms with Gasteiger partial charge in [-0.25, -0.2) is 9.97 Å². The van der Waals surface area contributed by atoms with Crippen molar-refractivity contribution in [3.8, 4) is 5.75 Å². The van der Waals surface area contributed by atoms with Crippen LogP contribution in [0.2, 0.25) is 0 Å². The fourth-order valence-electron chi connectivity index (χ4n) is 4.39. The van der Waals surface area contributed by atoms with E-state index in [4.69, 9.17) is 19.4 Å². The van der Waals surface area contributed by atoms with E-state index < -0.39 is 0 Å². The lowest BCUT2D eigenvalue weighted by Gasteiger charge is -2.14. The highest BCUT2D eigenvalue weighted by molar-refractivity contribution is 6.07. The fourth-order valence-corrected chi connectivity index (χ4v) is 4.39. The van der Waals surface area contributed by atoms with Crippen LogP contribution in [0.3, 0.4) is 0 Å². The van der Waals surface area contributed by atoms with Crippen molar-refractivity contribution in [1.82, 2.24) is 14.5 Å². The number of aromatic nitrogens is 3. The van der Waals surface area contributed by atoms with Crippen LogP contribution in [0.15, 0.2) is 66.7 Å². The first kappa shape index (κ1) is 21.4. The zero-order valence-corrected chi connectivity index (χ0v) is 19.4. The third-order valence-corrected chi connectivity index (χ3v) is 5.83. The maximum absolute atomic E-state index is 6.04. The summed E-state index contributed by atoms with van der Waals surface area (Å²) in [5.74, 6) is 0.896. The lowest BCUT2D eigenvalue weighted by Crippen LogP contribution is -2.08. The Balaban J connectivity index is 1.36. The van der Waals surface area contributed by atoms with E-state index in [1.165, 1.54) is 11.1 Å². The zero-order valence-electron chi connectivity index (χ0n) is 19.4. The molecule has 5 aromatic rings. The number of ether oxygens (including phenoxy) is 2. The summed E-state index contributed by atoms with van der Waals surface area (Å²) in [6.45, 7) is 8.25. The molecule has 33 heavy (non-hydrogen) atoms. The Morgan fingerprint density at radius 1 is 0.879 bits per heavy atom. The van der Waals surface area contributed by atoms with Crippen molar-refractivity contribution in [2.45, 2.75) is 46.4 Å². The van der Waals surface area contributed by atoms with Crippen molar-refractivity contribution in [2.24, 2.45) is 0 Å². The molecule has 0 amide bonds. The van der Waals surface area contributed by atoms with Gasteiger partial charge in [0.05, 0.1) is 29.3 Å². The molecule has 168 valence electrons. The molecule has 0 aliphatic heterocycles. The van der Waals surface area contributed by atoms with Crippen LogP contribution in [-0.4, -0.2) is 27.2 Å². The zero-order chi connectivity index (χ0) is 22.8. The van der Waals surface area contributed by atoms with Crippen molar-refractivity contribution >= 4 is 33.1 Å². The molecule has 5 heteroatoms. The average molecular weight is 440 g/mol. The van der Waals surface area contributed by atoms with E-state index in [1.807, 2.05) is 56.3 Å². The maximum atomic E-state index is 6.04. The average Bonchev–Trinajstić information content (AvgIpc) is 3.12. The van der Waals surface area contributed by atoms with Crippen molar-refractivity contribution < 1.29 is 9.47 Å². The normalized spacial score (nSPS) is 11.8. The van der Waals surface area contributed by atoms with Gasteiger partial charge in [-0.2, -0.15) is 0 Å². The van der Waals surface area contributed by atoms with Gasteiger partial charge in [0.15, 0.2) is 5.65 Å². The van der Waals surface area contributed by atoms with Crippen molar-refractivity contribution in [2.75, 3.05) is 6.61 Å². The number of nitrogens with zero attached hydrogens (tertiary/aromatic N) is 3. The van der Waals surface area contributed by atoms with E-state index in [-0.39, 0.29) is 6.10 Å². The lowest BCUT2D eigenvalue weighted by atomic mass is 10.1. The van der Waals surface area contributed by atoms with E-state index in [9.17, 15) is 0 Å². The summed E-state index contributed by atoms with van der Waals surface area (Å²) in [7, 11) is 0. The molecule has 0 saturated heterocycles. The Bertz CT molecular complexity index is 1420. The summed E-state index contributed by atoms with van der Waals surface area (Å²) >= 11 is 0. The first-order valence-corrected chi connectivity index (χ1v) is 11.6. The summed E-state index contributed by atoms with van der Waals surface area (Å²) < 4.78 is 14.2. The highest BCUT2D eigenvalue weighted by Crippen LogP contribution is 2.30. The third-order valence-electron chi connectivity index (χ3n) is 5.83. The molecule has 2 heterocycles. The second kappa shape index (κ2) is 9.20. The number of hydrogen-bond acceptors (Lipinski definition) is 4. The van der Waals surface area contributed by atoms with Gasteiger partial charge in [0.2, 0.25) is 0 Å². The third kappa shape index (κ3) is 4.29. The second-order valence-corrected chi connectivity index (χ2v) is 8.69. The van der Waals surface area contributed by atoms with Crippen LogP contribution in [0, 0.1) is 6.92 Å². The molecule has 0 bridgehead atoms. The molecular formula is C28H29N3O2. The fraction of sp³-hybridized carbons (Fsp3) is 0.286. The van der Waals surface area contributed by atoms with Gasteiger partial charge in [-0.05, 0) is 51.0 Å². The number of aryl methyl sites for hydroxylation is 2. The molecule has 5 rings (SSSR count). The molecular weight excluding hydrogens is 410 g/mol. The molecule has 0 radical (unpaired) electrons. The van der Waals surface area contributed by atoms with E-state index in [0.29, 0.717) is 13.2 Å². The van der Waals surface area contributed by atoms with Gasteiger partial charge in [0.25, 0.3) is 0 Å². The number of rotatable bonds is 8. The predicted molar refractivity (Wildman–Crippen MR) is 134 cm³/mol. The van der Waals surface area contributed by atoms with Gasteiger partial charge < -0.3 is 14.0 Å². The van der Waals surface area contributed by atoms with Crippen LogP contribution in [0.5, 0.6) is 5.75 Å². The van der Waals surface area contributed by atoms with Gasteiger partial charge in [0.1, 0.15) is 11.3 Å². The molecule has 0 aliphatic rings. The Hall–Kier alpha value is -3.44. The van der Waals surface area contributed by atoms with Crippen LogP contribution in [0.25, 0.3) is 33.1 Å². The maximum Gasteiger partial charge on any atom is 0.160 e. The van der Waals surface area contributed by atoms with Gasteiger partial charge in [0, 0.05) is 24.1 Å². The number of fused-ring (bicyclic) bond motifs is 4. The largest absolute Gasteiger partial charge is 0.491 e. The van der Waals surface area contributed by atoms with Crippen LogP contribution >= 0.6 is 0 Å². The Labute approximate surface area is 194 Å². The van der Waals surface area contributed by atoms with E-state index >= 15 is 0 Å². The standard InChI is InChI=1S/C28H29N3O2/c1-19(2)33-25-15-7-4-11-21(25)18-32-17-9-16-31-27-20(3)10-8-12-22(27)26-28(31)30-24-14-6-5-13-23(24)29-26/h4-8,10-15,19H,9,16-18H2,1-3H3. The van der Waals surface area contributed by atoms with Crippen LogP contribution in [0.1, 0.15) is 31.4 Å². The molecule has 2 aromatic heterocycles. The minimum absolute atomic E-state index is 0.141. The monoisotopic (exact) mass is 439 g/mol. The van der Waals surface area contributed by atoms with Gasteiger partial charge in [-0.3, -0.25) is 0 Å². The predicted octanol–water partition coefficient (Wildman–Crippen LogP) is 6.44. The Morgan fingerprint density at radius 2 is 1.64 bits per heavy atom. The molecule has 0 N–H and O–H groups in total. The molecule has 3 aromatic carbocycles. The highest BCUT2D eigenvalue weighted by Gasteiger charge is 2.15. The first-order valence-electron chi connectivity index (χ1n) is 11.6. The van der Waals surface area contributed by atoms with Crippen molar-refractivity contribution in [3.63, 3.8) is 0 Å². The summed E-state index contributed by atoms with van der Waals surface area (Å²) in [4.78, 5) is 9.94. The topological polar surface area (TPSA) is 49.2 Å². The molecule has 0 saturated carbocycles. The van der Waals surface area contributed by atoms with E-state index in [2.05, 4.69) is 35.8 Å².